The van der Waals surface area contributed by atoms with E-state index in [1.54, 1.807) is 0 Å². The predicted octanol–water partition coefficient (Wildman–Crippen LogP) is 4.87. The molecule has 0 radical (unpaired) electrons. The molecular formula is C19H17ClN2O. The van der Waals surface area contributed by atoms with Gasteiger partial charge in [0.2, 0.25) is 5.91 Å². The summed E-state index contributed by atoms with van der Waals surface area (Å²) in [5, 5.41) is 4.89. The Labute approximate surface area is 139 Å². The summed E-state index contributed by atoms with van der Waals surface area (Å²) in [7, 11) is 0. The Morgan fingerprint density at radius 3 is 2.87 bits per heavy atom. The number of aromatic amines is 1. The number of carbonyl (C=O) groups excluding carboxylic acids is 1. The number of benzene rings is 2. The van der Waals surface area contributed by atoms with Crippen LogP contribution in [0.1, 0.15) is 23.6 Å². The van der Waals surface area contributed by atoms with Crippen LogP contribution < -0.4 is 5.32 Å². The zero-order chi connectivity index (χ0) is 16.0. The normalized spacial score (nSPS) is 19.7. The molecule has 4 rings (SSSR count). The Kier molecular flexibility index (Phi) is 3.38. The van der Waals surface area contributed by atoms with Crippen LogP contribution in [-0.2, 0) is 4.79 Å². The molecule has 2 aromatic carbocycles. The van der Waals surface area contributed by atoms with Gasteiger partial charge in [-0.3, -0.25) is 4.79 Å². The second-order valence-electron chi connectivity index (χ2n) is 6.21. The molecule has 116 valence electrons. The van der Waals surface area contributed by atoms with Crippen molar-refractivity contribution in [2.75, 3.05) is 5.32 Å². The molecule has 23 heavy (non-hydrogen) atoms. The average molecular weight is 325 g/mol. The maximum atomic E-state index is 12.4. The first-order valence-electron chi connectivity index (χ1n) is 7.76. The molecule has 4 heteroatoms. The highest BCUT2D eigenvalue weighted by molar-refractivity contribution is 6.31. The number of carbonyl (C=O) groups is 1. The van der Waals surface area contributed by atoms with E-state index in [2.05, 4.69) is 16.4 Å². The van der Waals surface area contributed by atoms with E-state index in [4.69, 9.17) is 11.6 Å². The van der Waals surface area contributed by atoms with E-state index in [0.717, 1.165) is 39.3 Å². The van der Waals surface area contributed by atoms with Crippen molar-refractivity contribution >= 4 is 34.1 Å². The minimum atomic E-state index is 0.0126. The van der Waals surface area contributed by atoms with Gasteiger partial charge >= 0.3 is 0 Å². The maximum Gasteiger partial charge on any atom is 0.228 e. The van der Waals surface area contributed by atoms with Crippen molar-refractivity contribution in [1.82, 2.24) is 4.98 Å². The number of aryl methyl sites for hydroxylation is 1. The van der Waals surface area contributed by atoms with E-state index in [1.807, 2.05) is 49.4 Å². The molecule has 1 saturated carbocycles. The smallest absolute Gasteiger partial charge is 0.228 e. The number of amides is 1. The zero-order valence-electron chi connectivity index (χ0n) is 12.8. The topological polar surface area (TPSA) is 44.9 Å². The fourth-order valence-electron chi connectivity index (χ4n) is 3.19. The zero-order valence-corrected chi connectivity index (χ0v) is 13.5. The van der Waals surface area contributed by atoms with Crippen LogP contribution in [0.5, 0.6) is 0 Å². The van der Waals surface area contributed by atoms with Gasteiger partial charge in [0.05, 0.1) is 0 Å². The van der Waals surface area contributed by atoms with E-state index in [1.165, 1.54) is 0 Å². The summed E-state index contributed by atoms with van der Waals surface area (Å²) < 4.78 is 0. The van der Waals surface area contributed by atoms with E-state index in [9.17, 15) is 4.79 Å². The van der Waals surface area contributed by atoms with Crippen molar-refractivity contribution in [2.24, 2.45) is 5.92 Å². The minimum Gasteiger partial charge on any atom is -0.359 e. The van der Waals surface area contributed by atoms with Crippen molar-refractivity contribution in [3.05, 3.63) is 64.8 Å². The molecule has 3 nitrogen and oxygen atoms in total. The summed E-state index contributed by atoms with van der Waals surface area (Å²) in [6.07, 6.45) is 0.862. The van der Waals surface area contributed by atoms with Gasteiger partial charge in [0, 0.05) is 33.2 Å². The Morgan fingerprint density at radius 2 is 2.04 bits per heavy atom. The van der Waals surface area contributed by atoms with Gasteiger partial charge in [-0.15, -0.1) is 0 Å². The van der Waals surface area contributed by atoms with Gasteiger partial charge < -0.3 is 10.3 Å². The van der Waals surface area contributed by atoms with Crippen LogP contribution in [0.3, 0.4) is 0 Å². The van der Waals surface area contributed by atoms with Gasteiger partial charge in [0.1, 0.15) is 0 Å². The number of hydrogen-bond acceptors (Lipinski definition) is 1. The van der Waals surface area contributed by atoms with Gasteiger partial charge in [-0.2, -0.15) is 0 Å². The third kappa shape index (κ3) is 2.73. The summed E-state index contributed by atoms with van der Waals surface area (Å²) in [4.78, 5) is 15.7. The standard InChI is InChI=1S/C19H17ClN2O/c1-11-8-12-9-13(6-7-18(12)21-11)22-19(23)16-10-15(16)14-4-2-3-5-17(14)20/h2-9,15-16,21H,10H2,1H3,(H,22,23). The molecule has 2 N–H and O–H groups in total. The number of fused-ring (bicyclic) bond motifs is 1. The number of H-pyrrole nitrogens is 1. The minimum absolute atomic E-state index is 0.0126. The molecule has 1 aromatic heterocycles. The van der Waals surface area contributed by atoms with Crippen molar-refractivity contribution in [3.8, 4) is 0 Å². The fourth-order valence-corrected chi connectivity index (χ4v) is 3.47. The lowest BCUT2D eigenvalue weighted by Crippen LogP contribution is -2.14. The predicted molar refractivity (Wildman–Crippen MR) is 94.0 cm³/mol. The fraction of sp³-hybridized carbons (Fsp3) is 0.211. The molecular weight excluding hydrogens is 308 g/mol. The van der Waals surface area contributed by atoms with E-state index >= 15 is 0 Å². The molecule has 2 atom stereocenters. The van der Waals surface area contributed by atoms with Crippen molar-refractivity contribution in [1.29, 1.82) is 0 Å². The van der Waals surface area contributed by atoms with Crippen molar-refractivity contribution in [2.45, 2.75) is 19.3 Å². The van der Waals surface area contributed by atoms with Crippen LogP contribution in [0, 0.1) is 12.8 Å². The number of rotatable bonds is 3. The van der Waals surface area contributed by atoms with Crippen LogP contribution in [0.15, 0.2) is 48.5 Å². The van der Waals surface area contributed by atoms with Gasteiger partial charge in [-0.05, 0) is 55.2 Å². The Morgan fingerprint density at radius 1 is 1.22 bits per heavy atom. The number of hydrogen-bond donors (Lipinski definition) is 2. The highest BCUT2D eigenvalue weighted by atomic mass is 35.5. The number of halogens is 1. The lowest BCUT2D eigenvalue weighted by molar-refractivity contribution is -0.117. The first kappa shape index (κ1) is 14.3. The highest BCUT2D eigenvalue weighted by Gasteiger charge is 2.44. The first-order chi connectivity index (χ1) is 11.1. The lowest BCUT2D eigenvalue weighted by Gasteiger charge is -2.06. The first-order valence-corrected chi connectivity index (χ1v) is 8.14. The average Bonchev–Trinajstić information content (AvgIpc) is 3.23. The number of nitrogens with one attached hydrogen (secondary N) is 2. The molecule has 1 amide bonds. The summed E-state index contributed by atoms with van der Waals surface area (Å²) in [5.74, 6) is 0.321. The Balaban J connectivity index is 1.49. The van der Waals surface area contributed by atoms with Crippen molar-refractivity contribution in [3.63, 3.8) is 0 Å². The van der Waals surface area contributed by atoms with Crippen LogP contribution >= 0.6 is 11.6 Å². The third-order valence-corrected chi connectivity index (χ3v) is 4.80. The molecule has 0 spiro atoms. The van der Waals surface area contributed by atoms with Crippen molar-refractivity contribution < 1.29 is 4.79 Å². The van der Waals surface area contributed by atoms with Gasteiger partial charge in [0.15, 0.2) is 0 Å². The van der Waals surface area contributed by atoms with Gasteiger partial charge in [-0.25, -0.2) is 0 Å². The summed E-state index contributed by atoms with van der Waals surface area (Å²) in [6, 6.07) is 15.8. The quantitative estimate of drug-likeness (QED) is 0.709. The highest BCUT2D eigenvalue weighted by Crippen LogP contribution is 2.50. The molecule has 1 fully saturated rings. The number of aromatic nitrogens is 1. The largest absolute Gasteiger partial charge is 0.359 e. The summed E-state index contributed by atoms with van der Waals surface area (Å²) in [5.41, 5.74) is 4.11. The maximum absolute atomic E-state index is 12.4. The molecule has 1 heterocycles. The molecule has 1 aliphatic carbocycles. The van der Waals surface area contributed by atoms with Crippen LogP contribution in [0.4, 0.5) is 5.69 Å². The summed E-state index contributed by atoms with van der Waals surface area (Å²) >= 11 is 6.22. The van der Waals surface area contributed by atoms with E-state index < -0.39 is 0 Å². The summed E-state index contributed by atoms with van der Waals surface area (Å²) in [6.45, 7) is 2.02. The number of anilines is 1. The van der Waals surface area contributed by atoms with Gasteiger partial charge in [0.25, 0.3) is 0 Å². The molecule has 3 aromatic rings. The Bertz CT molecular complexity index is 899. The molecule has 2 unspecified atom stereocenters. The third-order valence-electron chi connectivity index (χ3n) is 4.45. The molecule has 0 saturated heterocycles. The lowest BCUT2D eigenvalue weighted by atomic mass is 10.1. The van der Waals surface area contributed by atoms with Crippen LogP contribution in [0.25, 0.3) is 10.9 Å². The van der Waals surface area contributed by atoms with E-state index in [0.29, 0.717) is 0 Å². The van der Waals surface area contributed by atoms with E-state index in [-0.39, 0.29) is 17.7 Å². The SMILES string of the molecule is Cc1cc2cc(NC(=O)C3CC3c3ccccc3Cl)ccc2[nH]1. The second-order valence-corrected chi connectivity index (χ2v) is 6.62. The molecule has 1 aliphatic rings. The molecule has 0 aliphatic heterocycles. The molecule has 0 bridgehead atoms. The second kappa shape index (κ2) is 5.43. The van der Waals surface area contributed by atoms with Crippen LogP contribution in [0.2, 0.25) is 5.02 Å². The van der Waals surface area contributed by atoms with Gasteiger partial charge in [-0.1, -0.05) is 29.8 Å². The monoisotopic (exact) mass is 324 g/mol. The Hall–Kier alpha value is -2.26. The van der Waals surface area contributed by atoms with Crippen LogP contribution in [-0.4, -0.2) is 10.9 Å².